The first-order valence-electron chi connectivity index (χ1n) is 9.15. The summed E-state index contributed by atoms with van der Waals surface area (Å²) >= 11 is 3.42. The highest BCUT2D eigenvalue weighted by Crippen LogP contribution is 2.37. The number of nitrogens with zero attached hydrogens (tertiary/aromatic N) is 2. The number of carbonyl (C=O) groups is 2. The lowest BCUT2D eigenvalue weighted by molar-refractivity contribution is -0.137. The van der Waals surface area contributed by atoms with Crippen molar-refractivity contribution in [1.82, 2.24) is 4.90 Å². The second-order valence-corrected chi connectivity index (χ2v) is 8.14. The lowest BCUT2D eigenvalue weighted by Crippen LogP contribution is -2.54. The summed E-state index contributed by atoms with van der Waals surface area (Å²) in [6.45, 7) is 0.925. The van der Waals surface area contributed by atoms with Gasteiger partial charge in [0.15, 0.2) is 6.61 Å². The number of ether oxygens (including phenoxy) is 1. The molecule has 1 aliphatic carbocycles. The molecule has 0 N–H and O–H groups in total. The van der Waals surface area contributed by atoms with E-state index in [0.29, 0.717) is 23.4 Å². The number of amides is 2. The number of anilines is 1. The normalized spacial score (nSPS) is 25.9. The van der Waals surface area contributed by atoms with E-state index < -0.39 is 0 Å². The number of fused-ring (bicyclic) bond motifs is 2. The SMILES string of the molecule is O=C1COc2cc(Br)ccc2N1CC(=O)N1CCC[C@H]2CCCC[C@H]21. The van der Waals surface area contributed by atoms with Crippen molar-refractivity contribution in [3.05, 3.63) is 22.7 Å². The van der Waals surface area contributed by atoms with Crippen LogP contribution in [-0.2, 0) is 9.59 Å². The lowest BCUT2D eigenvalue weighted by atomic mass is 9.78. The van der Waals surface area contributed by atoms with Crippen molar-refractivity contribution < 1.29 is 14.3 Å². The van der Waals surface area contributed by atoms with Gasteiger partial charge in [0, 0.05) is 17.1 Å². The molecule has 6 heteroatoms. The van der Waals surface area contributed by atoms with Crippen LogP contribution < -0.4 is 9.64 Å². The fraction of sp³-hybridized carbons (Fsp3) is 0.579. The van der Waals surface area contributed by atoms with E-state index in [4.69, 9.17) is 4.74 Å². The maximum Gasteiger partial charge on any atom is 0.265 e. The first kappa shape index (κ1) is 16.9. The third-order valence-corrected chi connectivity index (χ3v) is 6.22. The van der Waals surface area contributed by atoms with Crippen LogP contribution in [0.2, 0.25) is 0 Å². The molecule has 2 heterocycles. The molecule has 25 heavy (non-hydrogen) atoms. The van der Waals surface area contributed by atoms with Gasteiger partial charge >= 0.3 is 0 Å². The highest BCUT2D eigenvalue weighted by molar-refractivity contribution is 9.10. The zero-order valence-corrected chi connectivity index (χ0v) is 15.8. The maximum absolute atomic E-state index is 13.0. The van der Waals surface area contributed by atoms with Crippen LogP contribution in [0.15, 0.2) is 22.7 Å². The summed E-state index contributed by atoms with van der Waals surface area (Å²) in [4.78, 5) is 29.0. The molecule has 2 fully saturated rings. The molecule has 0 radical (unpaired) electrons. The Hall–Kier alpha value is -1.56. The zero-order valence-electron chi connectivity index (χ0n) is 14.2. The average Bonchev–Trinajstić information content (AvgIpc) is 2.63. The van der Waals surface area contributed by atoms with Gasteiger partial charge in [-0.05, 0) is 49.8 Å². The molecule has 0 spiro atoms. The first-order chi connectivity index (χ1) is 12.1. The molecule has 0 bridgehead atoms. The molecule has 2 atom stereocenters. The van der Waals surface area contributed by atoms with E-state index in [0.717, 1.165) is 23.9 Å². The molecule has 1 aromatic carbocycles. The summed E-state index contributed by atoms with van der Waals surface area (Å²) in [6.07, 6.45) is 7.15. The molecule has 1 saturated heterocycles. The monoisotopic (exact) mass is 406 g/mol. The number of likely N-dealkylation sites (tertiary alicyclic amines) is 1. The Morgan fingerprint density at radius 1 is 1.20 bits per heavy atom. The first-order valence-corrected chi connectivity index (χ1v) is 9.95. The predicted molar refractivity (Wildman–Crippen MR) is 98.7 cm³/mol. The summed E-state index contributed by atoms with van der Waals surface area (Å²) in [5.41, 5.74) is 0.685. The van der Waals surface area contributed by atoms with Crippen LogP contribution in [-0.4, -0.2) is 42.5 Å². The summed E-state index contributed by atoms with van der Waals surface area (Å²) < 4.78 is 6.41. The predicted octanol–water partition coefficient (Wildman–Crippen LogP) is 3.36. The molecule has 2 aliphatic heterocycles. The van der Waals surface area contributed by atoms with Crippen molar-refractivity contribution >= 4 is 33.4 Å². The summed E-state index contributed by atoms with van der Waals surface area (Å²) in [5, 5.41) is 0. The fourth-order valence-electron chi connectivity index (χ4n) is 4.51. The maximum atomic E-state index is 13.0. The van der Waals surface area contributed by atoms with E-state index >= 15 is 0 Å². The van der Waals surface area contributed by atoms with Crippen molar-refractivity contribution in [2.45, 2.75) is 44.6 Å². The minimum absolute atomic E-state index is 0.0111. The van der Waals surface area contributed by atoms with Crippen molar-refractivity contribution in [2.24, 2.45) is 5.92 Å². The zero-order chi connectivity index (χ0) is 17.4. The average molecular weight is 407 g/mol. The number of carbonyl (C=O) groups excluding carboxylic acids is 2. The molecule has 3 aliphatic rings. The molecule has 1 aromatic rings. The van der Waals surface area contributed by atoms with Gasteiger partial charge in [0.2, 0.25) is 5.91 Å². The number of halogens is 1. The molecule has 0 unspecified atom stereocenters. The minimum atomic E-state index is -0.152. The van der Waals surface area contributed by atoms with Crippen LogP contribution in [0.3, 0.4) is 0 Å². The van der Waals surface area contributed by atoms with Crippen LogP contribution in [0, 0.1) is 5.92 Å². The Labute approximate surface area is 156 Å². The highest BCUT2D eigenvalue weighted by atomic mass is 79.9. The van der Waals surface area contributed by atoms with Crippen LogP contribution in [0.4, 0.5) is 5.69 Å². The number of rotatable bonds is 2. The van der Waals surface area contributed by atoms with Crippen molar-refractivity contribution in [1.29, 1.82) is 0 Å². The van der Waals surface area contributed by atoms with Gasteiger partial charge in [-0.25, -0.2) is 0 Å². The molecule has 134 valence electrons. The number of hydrogen-bond acceptors (Lipinski definition) is 3. The topological polar surface area (TPSA) is 49.9 Å². The standard InChI is InChI=1S/C19H23BrN2O3/c20-14-7-8-16-17(10-14)25-12-19(24)22(16)11-18(23)21-9-3-5-13-4-1-2-6-15(13)21/h7-8,10,13,15H,1-6,9,11-12H2/t13-,15-/m1/s1. The molecule has 2 amide bonds. The third kappa shape index (κ3) is 3.28. The largest absolute Gasteiger partial charge is 0.482 e. The van der Waals surface area contributed by atoms with E-state index in [1.54, 1.807) is 4.90 Å². The number of piperidine rings is 1. The number of hydrogen-bond donors (Lipinski definition) is 0. The Balaban J connectivity index is 1.53. The second-order valence-electron chi connectivity index (χ2n) is 7.22. The van der Waals surface area contributed by atoms with Gasteiger partial charge in [-0.2, -0.15) is 0 Å². The Kier molecular flexibility index (Phi) is 4.71. The van der Waals surface area contributed by atoms with E-state index in [2.05, 4.69) is 20.8 Å². The van der Waals surface area contributed by atoms with E-state index in [-0.39, 0.29) is 25.0 Å². The van der Waals surface area contributed by atoms with Crippen molar-refractivity contribution in [3.8, 4) is 5.75 Å². The highest BCUT2D eigenvalue weighted by Gasteiger charge is 2.37. The van der Waals surface area contributed by atoms with E-state index in [1.807, 2.05) is 18.2 Å². The van der Waals surface area contributed by atoms with Gasteiger partial charge in [0.05, 0.1) is 5.69 Å². The summed E-state index contributed by atoms with van der Waals surface area (Å²) in [7, 11) is 0. The van der Waals surface area contributed by atoms with Gasteiger partial charge in [-0.15, -0.1) is 0 Å². The molecule has 5 nitrogen and oxygen atoms in total. The summed E-state index contributed by atoms with van der Waals surface area (Å²) in [6, 6.07) is 5.92. The fourth-order valence-corrected chi connectivity index (χ4v) is 4.85. The molecular weight excluding hydrogens is 384 g/mol. The van der Waals surface area contributed by atoms with E-state index in [9.17, 15) is 9.59 Å². The van der Waals surface area contributed by atoms with Gasteiger partial charge < -0.3 is 9.64 Å². The lowest BCUT2D eigenvalue weighted by Gasteiger charge is -2.44. The Morgan fingerprint density at radius 3 is 2.88 bits per heavy atom. The van der Waals surface area contributed by atoms with Crippen molar-refractivity contribution in [2.75, 3.05) is 24.6 Å². The smallest absolute Gasteiger partial charge is 0.265 e. The van der Waals surface area contributed by atoms with Crippen LogP contribution >= 0.6 is 15.9 Å². The van der Waals surface area contributed by atoms with Crippen LogP contribution in [0.25, 0.3) is 0 Å². The van der Waals surface area contributed by atoms with Gasteiger partial charge in [0.1, 0.15) is 12.3 Å². The Bertz CT molecular complexity index is 691. The molecule has 1 saturated carbocycles. The van der Waals surface area contributed by atoms with Crippen LogP contribution in [0.1, 0.15) is 38.5 Å². The van der Waals surface area contributed by atoms with Gasteiger partial charge in [-0.1, -0.05) is 28.8 Å². The van der Waals surface area contributed by atoms with Gasteiger partial charge in [-0.3, -0.25) is 14.5 Å². The Morgan fingerprint density at radius 2 is 2.00 bits per heavy atom. The van der Waals surface area contributed by atoms with Gasteiger partial charge in [0.25, 0.3) is 5.91 Å². The van der Waals surface area contributed by atoms with Crippen LogP contribution in [0.5, 0.6) is 5.75 Å². The van der Waals surface area contributed by atoms with Crippen molar-refractivity contribution in [3.63, 3.8) is 0 Å². The quantitative estimate of drug-likeness (QED) is 0.756. The second kappa shape index (κ2) is 6.98. The number of benzene rings is 1. The molecular formula is C19H23BrN2O3. The minimum Gasteiger partial charge on any atom is -0.482 e. The third-order valence-electron chi connectivity index (χ3n) is 5.72. The summed E-state index contributed by atoms with van der Waals surface area (Å²) in [5.74, 6) is 1.21. The van der Waals surface area contributed by atoms with E-state index in [1.165, 1.54) is 25.7 Å². The molecule has 0 aromatic heterocycles. The molecule has 4 rings (SSSR count).